The molecule has 1 aromatic carbocycles. The third-order valence-electron chi connectivity index (χ3n) is 3.32. The Hall–Kier alpha value is -2.65. The van der Waals surface area contributed by atoms with Gasteiger partial charge in [0.25, 0.3) is 0 Å². The summed E-state index contributed by atoms with van der Waals surface area (Å²) in [6, 6.07) is 7.03. The fraction of sp³-hybridized carbons (Fsp3) is 0.143. The molecular formula is C14H13N3O5S. The Morgan fingerprint density at radius 2 is 2.00 bits per heavy atom. The summed E-state index contributed by atoms with van der Waals surface area (Å²) < 4.78 is 33.3. The largest absolute Gasteiger partial charge is 0.417 e. The molecule has 0 unspecified atom stereocenters. The molecule has 0 spiro atoms. The van der Waals surface area contributed by atoms with Gasteiger partial charge in [0.05, 0.1) is 10.4 Å². The number of aromatic nitrogens is 2. The normalized spacial score (nSPS) is 11.9. The molecule has 0 amide bonds. The maximum Gasteiger partial charge on any atom is 0.417 e. The van der Waals surface area contributed by atoms with Crippen molar-refractivity contribution in [2.45, 2.75) is 11.4 Å². The molecule has 120 valence electrons. The lowest BCUT2D eigenvalue weighted by Crippen LogP contribution is -2.24. The molecule has 9 heteroatoms. The van der Waals surface area contributed by atoms with Crippen LogP contribution in [0.1, 0.15) is 5.56 Å². The lowest BCUT2D eigenvalue weighted by atomic mass is 10.3. The van der Waals surface area contributed by atoms with Crippen LogP contribution in [0.15, 0.2) is 55.4 Å². The van der Waals surface area contributed by atoms with Crippen molar-refractivity contribution in [1.29, 1.82) is 0 Å². The van der Waals surface area contributed by atoms with E-state index in [2.05, 4.69) is 9.71 Å². The van der Waals surface area contributed by atoms with Gasteiger partial charge in [-0.1, -0.05) is 6.07 Å². The Labute approximate surface area is 130 Å². The van der Waals surface area contributed by atoms with Crippen molar-refractivity contribution in [1.82, 2.24) is 14.3 Å². The van der Waals surface area contributed by atoms with Crippen LogP contribution in [0.2, 0.25) is 0 Å². The summed E-state index contributed by atoms with van der Waals surface area (Å²) in [5.74, 6) is -0.646. The average molecular weight is 335 g/mol. The Bertz CT molecular complexity index is 1090. The van der Waals surface area contributed by atoms with E-state index in [0.29, 0.717) is 11.1 Å². The van der Waals surface area contributed by atoms with Crippen molar-refractivity contribution >= 4 is 21.1 Å². The Morgan fingerprint density at radius 1 is 1.22 bits per heavy atom. The number of benzene rings is 1. The molecule has 0 saturated heterocycles. The van der Waals surface area contributed by atoms with Gasteiger partial charge in [-0.2, -0.15) is 0 Å². The van der Waals surface area contributed by atoms with Gasteiger partial charge >= 0.3 is 5.76 Å². The highest BCUT2D eigenvalue weighted by Gasteiger charge is 2.15. The molecule has 0 bridgehead atoms. The highest BCUT2D eigenvalue weighted by Crippen LogP contribution is 2.16. The summed E-state index contributed by atoms with van der Waals surface area (Å²) in [7, 11) is -2.19. The quantitative estimate of drug-likeness (QED) is 0.712. The Balaban J connectivity index is 1.86. The minimum Gasteiger partial charge on any atom is -0.408 e. The summed E-state index contributed by atoms with van der Waals surface area (Å²) in [6.07, 6.45) is 1.55. The second kappa shape index (κ2) is 5.52. The Kier molecular flexibility index (Phi) is 3.66. The number of nitrogens with zero attached hydrogens (tertiary/aromatic N) is 1. The molecule has 2 aromatic heterocycles. The van der Waals surface area contributed by atoms with Gasteiger partial charge in [-0.3, -0.25) is 9.78 Å². The zero-order valence-corrected chi connectivity index (χ0v) is 12.9. The molecule has 0 radical (unpaired) electrons. The van der Waals surface area contributed by atoms with Gasteiger partial charge in [-0.15, -0.1) is 0 Å². The summed E-state index contributed by atoms with van der Waals surface area (Å²) in [6.45, 7) is 0.0333. The fourth-order valence-electron chi connectivity index (χ4n) is 2.11. The van der Waals surface area contributed by atoms with Crippen LogP contribution in [0.25, 0.3) is 11.1 Å². The standard InChI is InChI=1S/C14H13N3O5S/c1-17-8-9(2-5-13(17)18)7-15-23(20,21)10-3-4-11-12(6-10)22-14(19)16-11/h2-6,8,15H,7H2,1H3,(H,16,19). The first-order valence-electron chi connectivity index (χ1n) is 6.63. The van der Waals surface area contributed by atoms with Crippen LogP contribution in [0, 0.1) is 0 Å². The van der Waals surface area contributed by atoms with Crippen molar-refractivity contribution in [3.8, 4) is 0 Å². The third-order valence-corrected chi connectivity index (χ3v) is 4.72. The second-order valence-electron chi connectivity index (χ2n) is 4.98. The summed E-state index contributed by atoms with van der Waals surface area (Å²) >= 11 is 0. The number of oxazole rings is 1. The second-order valence-corrected chi connectivity index (χ2v) is 6.75. The molecule has 0 aliphatic heterocycles. The molecule has 0 aliphatic rings. The van der Waals surface area contributed by atoms with Crippen LogP contribution in [0.3, 0.4) is 0 Å². The van der Waals surface area contributed by atoms with Gasteiger partial charge in [0.1, 0.15) is 0 Å². The fourth-order valence-corrected chi connectivity index (χ4v) is 3.14. The van der Waals surface area contributed by atoms with Gasteiger partial charge in [0, 0.05) is 31.9 Å². The van der Waals surface area contributed by atoms with Crippen molar-refractivity contribution < 1.29 is 12.8 Å². The van der Waals surface area contributed by atoms with Crippen LogP contribution < -0.4 is 16.0 Å². The zero-order chi connectivity index (χ0) is 16.6. The molecule has 0 saturated carbocycles. The van der Waals surface area contributed by atoms with Gasteiger partial charge < -0.3 is 8.98 Å². The van der Waals surface area contributed by atoms with Crippen LogP contribution in [0.5, 0.6) is 0 Å². The van der Waals surface area contributed by atoms with Gasteiger partial charge in [-0.25, -0.2) is 17.9 Å². The monoisotopic (exact) mass is 335 g/mol. The number of hydrogen-bond donors (Lipinski definition) is 2. The number of nitrogens with one attached hydrogen (secondary N) is 2. The first-order valence-corrected chi connectivity index (χ1v) is 8.11. The predicted octanol–water partition coefficient (Wildman–Crippen LogP) is 0.298. The van der Waals surface area contributed by atoms with Crippen LogP contribution in [-0.4, -0.2) is 18.0 Å². The molecule has 0 aliphatic carbocycles. The van der Waals surface area contributed by atoms with E-state index in [1.165, 1.54) is 28.8 Å². The number of aryl methyl sites for hydroxylation is 1. The molecule has 2 heterocycles. The average Bonchev–Trinajstić information content (AvgIpc) is 2.87. The van der Waals surface area contributed by atoms with Crippen molar-refractivity contribution in [3.05, 3.63) is 63.0 Å². The van der Waals surface area contributed by atoms with Crippen LogP contribution in [0.4, 0.5) is 0 Å². The highest BCUT2D eigenvalue weighted by atomic mass is 32.2. The van der Waals surface area contributed by atoms with E-state index in [1.807, 2.05) is 0 Å². The number of rotatable bonds is 4. The molecule has 23 heavy (non-hydrogen) atoms. The highest BCUT2D eigenvalue weighted by molar-refractivity contribution is 7.89. The van der Waals surface area contributed by atoms with E-state index in [1.54, 1.807) is 19.3 Å². The summed E-state index contributed by atoms with van der Waals surface area (Å²) in [5.41, 5.74) is 1.06. The number of sulfonamides is 1. The maximum atomic E-state index is 12.3. The lowest BCUT2D eigenvalue weighted by molar-refractivity contribution is 0.553. The zero-order valence-electron chi connectivity index (χ0n) is 12.1. The van der Waals surface area contributed by atoms with E-state index in [9.17, 15) is 18.0 Å². The number of aromatic amines is 1. The van der Waals surface area contributed by atoms with Crippen molar-refractivity contribution in [3.63, 3.8) is 0 Å². The lowest BCUT2D eigenvalue weighted by Gasteiger charge is -2.07. The molecule has 2 N–H and O–H groups in total. The molecule has 0 fully saturated rings. The van der Waals surface area contributed by atoms with Gasteiger partial charge in [-0.05, 0) is 17.7 Å². The minimum absolute atomic E-state index is 0.0161. The van der Waals surface area contributed by atoms with E-state index in [4.69, 9.17) is 4.42 Å². The smallest absolute Gasteiger partial charge is 0.408 e. The van der Waals surface area contributed by atoms with Gasteiger partial charge in [0.15, 0.2) is 5.58 Å². The summed E-state index contributed by atoms with van der Waals surface area (Å²) in [4.78, 5) is 24.8. The minimum atomic E-state index is -3.78. The number of pyridine rings is 1. The van der Waals surface area contributed by atoms with E-state index in [-0.39, 0.29) is 22.6 Å². The molecule has 3 rings (SSSR count). The number of fused-ring (bicyclic) bond motifs is 1. The maximum absolute atomic E-state index is 12.3. The molecule has 8 nitrogen and oxygen atoms in total. The Morgan fingerprint density at radius 3 is 2.74 bits per heavy atom. The molecule has 3 aromatic rings. The predicted molar refractivity (Wildman–Crippen MR) is 82.5 cm³/mol. The van der Waals surface area contributed by atoms with Crippen molar-refractivity contribution in [2.75, 3.05) is 0 Å². The molecular weight excluding hydrogens is 322 g/mol. The van der Waals surface area contributed by atoms with E-state index < -0.39 is 15.8 Å². The van der Waals surface area contributed by atoms with Crippen LogP contribution in [-0.2, 0) is 23.6 Å². The summed E-state index contributed by atoms with van der Waals surface area (Å²) in [5, 5.41) is 0. The van der Waals surface area contributed by atoms with Gasteiger partial charge in [0.2, 0.25) is 15.6 Å². The van der Waals surface area contributed by atoms with Crippen LogP contribution >= 0.6 is 0 Å². The van der Waals surface area contributed by atoms with E-state index >= 15 is 0 Å². The first kappa shape index (κ1) is 15.3. The third kappa shape index (κ3) is 3.10. The molecule has 0 atom stereocenters. The van der Waals surface area contributed by atoms with Crippen molar-refractivity contribution in [2.24, 2.45) is 7.05 Å². The number of hydrogen-bond acceptors (Lipinski definition) is 5. The van der Waals surface area contributed by atoms with E-state index in [0.717, 1.165) is 0 Å². The first-order chi connectivity index (χ1) is 10.8. The topological polar surface area (TPSA) is 114 Å². The number of H-pyrrole nitrogens is 1. The SMILES string of the molecule is Cn1cc(CNS(=O)(=O)c2ccc3[nH]c(=O)oc3c2)ccc1=O.